The first kappa shape index (κ1) is 14.5. The van der Waals surface area contributed by atoms with Gasteiger partial charge < -0.3 is 10.2 Å². The lowest BCUT2D eigenvalue weighted by Crippen LogP contribution is -2.40. The van der Waals surface area contributed by atoms with E-state index in [-0.39, 0.29) is 19.0 Å². The molecule has 0 fully saturated rings. The number of aromatic nitrogens is 2. The molecule has 0 saturated heterocycles. The van der Waals surface area contributed by atoms with E-state index in [0.717, 1.165) is 36.3 Å². The van der Waals surface area contributed by atoms with E-state index in [1.807, 2.05) is 0 Å². The predicted molar refractivity (Wildman–Crippen MR) is 67.9 cm³/mol. The fourth-order valence-corrected chi connectivity index (χ4v) is 1.82. The van der Waals surface area contributed by atoms with Crippen molar-refractivity contribution in [2.45, 2.75) is 45.7 Å². The maximum atomic E-state index is 11.9. The van der Waals surface area contributed by atoms with Crippen LogP contribution < -0.4 is 11.2 Å². The molecule has 1 aromatic rings. The molecule has 0 aliphatic heterocycles. The van der Waals surface area contributed by atoms with Crippen LogP contribution in [0.3, 0.4) is 0 Å². The average Bonchev–Trinajstić information content (AvgIpc) is 2.33. The van der Waals surface area contributed by atoms with Gasteiger partial charge in [0.1, 0.15) is 0 Å². The van der Waals surface area contributed by atoms with Crippen molar-refractivity contribution in [2.75, 3.05) is 6.61 Å². The zero-order chi connectivity index (χ0) is 13.5. The summed E-state index contributed by atoms with van der Waals surface area (Å²) in [6.07, 6.45) is 3.91. The van der Waals surface area contributed by atoms with Crippen molar-refractivity contribution in [3.63, 3.8) is 0 Å². The van der Waals surface area contributed by atoms with Gasteiger partial charge in [0.2, 0.25) is 5.88 Å². The van der Waals surface area contributed by atoms with E-state index in [1.165, 1.54) is 4.57 Å². The average molecular weight is 256 g/mol. The number of unbranched alkanes of at least 4 members (excludes halogenated alkanes) is 3. The van der Waals surface area contributed by atoms with Crippen molar-refractivity contribution in [1.29, 1.82) is 0 Å². The summed E-state index contributed by atoms with van der Waals surface area (Å²) in [5.41, 5.74) is -1.15. The van der Waals surface area contributed by atoms with Crippen LogP contribution in [0.2, 0.25) is 0 Å². The van der Waals surface area contributed by atoms with E-state index in [2.05, 4.69) is 6.92 Å². The minimum Gasteiger partial charge on any atom is -0.494 e. The summed E-state index contributed by atoms with van der Waals surface area (Å²) in [6.45, 7) is 2.14. The second-order valence-corrected chi connectivity index (χ2v) is 4.21. The molecular weight excluding hydrogens is 236 g/mol. The molecule has 0 radical (unpaired) electrons. The Labute approximate surface area is 105 Å². The van der Waals surface area contributed by atoms with Crippen LogP contribution in [0.5, 0.6) is 5.88 Å². The monoisotopic (exact) mass is 256 g/mol. The summed E-state index contributed by atoms with van der Waals surface area (Å²) in [7, 11) is 0. The molecule has 1 aromatic heterocycles. The van der Waals surface area contributed by atoms with Crippen LogP contribution in [0.15, 0.2) is 15.7 Å². The number of rotatable bonds is 7. The highest BCUT2D eigenvalue weighted by molar-refractivity contribution is 5.07. The molecule has 0 amide bonds. The summed E-state index contributed by atoms with van der Waals surface area (Å²) in [5, 5.41) is 18.4. The normalized spacial score (nSPS) is 10.8. The van der Waals surface area contributed by atoms with Crippen LogP contribution in [0.25, 0.3) is 0 Å². The second kappa shape index (κ2) is 7.00. The van der Waals surface area contributed by atoms with Crippen LogP contribution in [0.4, 0.5) is 0 Å². The Kier molecular flexibility index (Phi) is 5.64. The first-order chi connectivity index (χ1) is 8.61. The van der Waals surface area contributed by atoms with E-state index in [0.29, 0.717) is 6.54 Å². The number of hydrogen-bond donors (Lipinski definition) is 2. The SMILES string of the molecule is CCCCCCn1c(O)cc(=O)n(CCO)c1=O. The third kappa shape index (κ3) is 3.46. The summed E-state index contributed by atoms with van der Waals surface area (Å²) >= 11 is 0. The van der Waals surface area contributed by atoms with E-state index >= 15 is 0 Å². The molecule has 0 spiro atoms. The molecular formula is C12H20N2O4. The highest BCUT2D eigenvalue weighted by Gasteiger charge is 2.09. The quantitative estimate of drug-likeness (QED) is 0.687. The maximum absolute atomic E-state index is 11.9. The fourth-order valence-electron chi connectivity index (χ4n) is 1.82. The Bertz CT molecular complexity index is 490. The van der Waals surface area contributed by atoms with Gasteiger partial charge in [-0.3, -0.25) is 13.9 Å². The molecule has 102 valence electrons. The fraction of sp³-hybridized carbons (Fsp3) is 0.667. The Morgan fingerprint density at radius 3 is 2.44 bits per heavy atom. The van der Waals surface area contributed by atoms with Gasteiger partial charge in [0, 0.05) is 6.54 Å². The molecule has 6 nitrogen and oxygen atoms in total. The highest BCUT2D eigenvalue weighted by Crippen LogP contribution is 2.05. The van der Waals surface area contributed by atoms with Gasteiger partial charge >= 0.3 is 5.69 Å². The molecule has 0 aromatic carbocycles. The summed E-state index contributed by atoms with van der Waals surface area (Å²) in [5.74, 6) is -0.310. The van der Waals surface area contributed by atoms with Crippen LogP contribution in [0, 0.1) is 0 Å². The molecule has 18 heavy (non-hydrogen) atoms. The van der Waals surface area contributed by atoms with Crippen LogP contribution in [-0.4, -0.2) is 26.0 Å². The van der Waals surface area contributed by atoms with E-state index in [9.17, 15) is 14.7 Å². The zero-order valence-electron chi connectivity index (χ0n) is 10.6. The van der Waals surface area contributed by atoms with Gasteiger partial charge in [-0.05, 0) is 6.42 Å². The van der Waals surface area contributed by atoms with Crippen LogP contribution >= 0.6 is 0 Å². The highest BCUT2D eigenvalue weighted by atomic mass is 16.3. The lowest BCUT2D eigenvalue weighted by molar-refractivity contribution is 0.267. The predicted octanol–water partition coefficient (Wildman–Crippen LogP) is 0.288. The molecule has 0 atom stereocenters. The van der Waals surface area contributed by atoms with Crippen LogP contribution in [-0.2, 0) is 13.1 Å². The molecule has 1 heterocycles. The molecule has 0 unspecified atom stereocenters. The molecule has 0 aliphatic rings. The summed E-state index contributed by atoms with van der Waals surface area (Å²) in [4.78, 5) is 23.4. The summed E-state index contributed by atoms with van der Waals surface area (Å²) < 4.78 is 2.10. The molecule has 0 saturated carbocycles. The number of aromatic hydroxyl groups is 1. The second-order valence-electron chi connectivity index (χ2n) is 4.21. The molecule has 0 bridgehead atoms. The van der Waals surface area contributed by atoms with Gasteiger partial charge in [-0.15, -0.1) is 0 Å². The van der Waals surface area contributed by atoms with Gasteiger partial charge in [-0.2, -0.15) is 0 Å². The van der Waals surface area contributed by atoms with E-state index < -0.39 is 11.2 Å². The van der Waals surface area contributed by atoms with Gasteiger partial charge in [-0.1, -0.05) is 26.2 Å². The number of aliphatic hydroxyl groups excluding tert-OH is 1. The van der Waals surface area contributed by atoms with Gasteiger partial charge in [0.15, 0.2) is 0 Å². The minimum atomic E-state index is -0.587. The first-order valence-corrected chi connectivity index (χ1v) is 6.26. The Balaban J connectivity index is 2.93. The molecule has 6 heteroatoms. The maximum Gasteiger partial charge on any atom is 0.333 e. The van der Waals surface area contributed by atoms with Gasteiger partial charge in [-0.25, -0.2) is 4.79 Å². The van der Waals surface area contributed by atoms with Crippen LogP contribution in [0.1, 0.15) is 32.6 Å². The third-order valence-electron chi connectivity index (χ3n) is 2.82. The first-order valence-electron chi connectivity index (χ1n) is 6.26. The number of hydrogen-bond acceptors (Lipinski definition) is 4. The minimum absolute atomic E-state index is 0.0487. The van der Waals surface area contributed by atoms with Gasteiger partial charge in [0.05, 0.1) is 19.2 Å². The van der Waals surface area contributed by atoms with E-state index in [4.69, 9.17) is 5.11 Å². The third-order valence-corrected chi connectivity index (χ3v) is 2.82. The smallest absolute Gasteiger partial charge is 0.333 e. The number of aliphatic hydroxyl groups is 1. The van der Waals surface area contributed by atoms with Crippen molar-refractivity contribution in [3.05, 3.63) is 26.9 Å². The zero-order valence-corrected chi connectivity index (χ0v) is 10.6. The Hall–Kier alpha value is -1.56. The standard InChI is InChI=1S/C12H20N2O4/c1-2-3-4-5-6-13-10(16)9-11(17)14(7-8-15)12(13)18/h9,15-16H,2-8H2,1H3. The number of nitrogens with zero attached hydrogens (tertiary/aromatic N) is 2. The largest absolute Gasteiger partial charge is 0.494 e. The molecule has 2 N–H and O–H groups in total. The van der Waals surface area contributed by atoms with Crippen molar-refractivity contribution < 1.29 is 10.2 Å². The van der Waals surface area contributed by atoms with Gasteiger partial charge in [0.25, 0.3) is 5.56 Å². The van der Waals surface area contributed by atoms with Crippen molar-refractivity contribution in [2.24, 2.45) is 0 Å². The van der Waals surface area contributed by atoms with Crippen molar-refractivity contribution in [1.82, 2.24) is 9.13 Å². The Morgan fingerprint density at radius 2 is 1.83 bits per heavy atom. The van der Waals surface area contributed by atoms with Crippen molar-refractivity contribution in [3.8, 4) is 5.88 Å². The lowest BCUT2D eigenvalue weighted by Gasteiger charge is -2.11. The van der Waals surface area contributed by atoms with Crippen molar-refractivity contribution >= 4 is 0 Å². The molecule has 1 rings (SSSR count). The lowest BCUT2D eigenvalue weighted by atomic mass is 10.2. The van der Waals surface area contributed by atoms with E-state index in [1.54, 1.807) is 0 Å². The topological polar surface area (TPSA) is 84.5 Å². The Morgan fingerprint density at radius 1 is 1.11 bits per heavy atom. The summed E-state index contributed by atoms with van der Waals surface area (Å²) in [6, 6.07) is 1.01. The molecule has 0 aliphatic carbocycles.